The molecule has 1 atom stereocenters. The summed E-state index contributed by atoms with van der Waals surface area (Å²) < 4.78 is 58.4. The minimum Gasteiger partial charge on any atom is -0.386 e. The van der Waals surface area contributed by atoms with Crippen LogP contribution in [-0.4, -0.2) is 60.9 Å². The second kappa shape index (κ2) is 12.0. The first-order valence-corrected chi connectivity index (χ1v) is 13.4. The Bertz CT molecular complexity index is 1500. The Morgan fingerprint density at radius 3 is 2.45 bits per heavy atom. The van der Waals surface area contributed by atoms with E-state index in [1.54, 1.807) is 49.4 Å². The fraction of sp³-hybridized carbons (Fsp3) is 0.379. The zero-order valence-corrected chi connectivity index (χ0v) is 24.5. The van der Waals surface area contributed by atoms with Gasteiger partial charge in [0, 0.05) is 62.4 Å². The lowest BCUT2D eigenvalue weighted by molar-refractivity contribution is -0.139. The molecule has 13 heteroatoms. The normalized spacial score (nSPS) is 16.1. The molecule has 1 saturated heterocycles. The number of halogens is 4. The maximum absolute atomic E-state index is 15.2. The number of benzene rings is 2. The third kappa shape index (κ3) is 6.36. The van der Waals surface area contributed by atoms with Crippen LogP contribution in [0.5, 0.6) is 0 Å². The predicted molar refractivity (Wildman–Crippen MR) is 156 cm³/mol. The van der Waals surface area contributed by atoms with Crippen molar-refractivity contribution in [3.8, 4) is 0 Å². The molecule has 3 aromatic rings. The molecule has 0 spiro atoms. The van der Waals surface area contributed by atoms with Crippen molar-refractivity contribution in [2.45, 2.75) is 32.5 Å². The summed E-state index contributed by atoms with van der Waals surface area (Å²) in [5, 5.41) is 11.2. The van der Waals surface area contributed by atoms with Crippen LogP contribution in [-0.2, 0) is 13.2 Å². The number of nitrogens with zero attached hydrogens (tertiary/aromatic N) is 5. The molecule has 9 nitrogen and oxygen atoms in total. The fourth-order valence-electron chi connectivity index (χ4n) is 5.04. The van der Waals surface area contributed by atoms with E-state index in [1.165, 1.54) is 16.0 Å². The number of nitrogens with two attached hydrogens (primary N) is 1. The van der Waals surface area contributed by atoms with Crippen molar-refractivity contribution in [1.29, 1.82) is 0 Å². The maximum atomic E-state index is 15.2. The number of carbonyl (C=O) groups excluding carboxylic acids is 1. The van der Waals surface area contributed by atoms with E-state index in [9.17, 15) is 18.0 Å². The quantitative estimate of drug-likeness (QED) is 0.203. The summed E-state index contributed by atoms with van der Waals surface area (Å²) in [5.74, 6) is 4.34. The van der Waals surface area contributed by atoms with Gasteiger partial charge in [-0.15, -0.1) is 0 Å². The average molecular weight is 589 g/mol. The summed E-state index contributed by atoms with van der Waals surface area (Å²) >= 11 is 0. The summed E-state index contributed by atoms with van der Waals surface area (Å²) in [6.45, 7) is 5.07. The van der Waals surface area contributed by atoms with Gasteiger partial charge in [-0.05, 0) is 63.7 Å². The van der Waals surface area contributed by atoms with Crippen molar-refractivity contribution in [2.24, 2.45) is 12.9 Å². The number of hydrazine groups is 1. The standard InChI is InChI=1S/C29H36F4N8O/c1-17-7-8-19(11-25(17)41(34)16-24(35-3)22-14-36-40(6)18(22)2)28(42)37-20-12-23(29(31,32)33)27(30)26(13-20)39(5)21-9-10-38(4)15-21/h7-8,11-14,16,21,35H,9-10,15,34H2,1-6H3,(H,37,42)/b24-16-. The van der Waals surface area contributed by atoms with Crippen LogP contribution in [0.15, 0.2) is 42.7 Å². The van der Waals surface area contributed by atoms with E-state index in [2.05, 4.69) is 15.7 Å². The zero-order valence-electron chi connectivity index (χ0n) is 24.5. The van der Waals surface area contributed by atoms with E-state index in [0.717, 1.165) is 23.4 Å². The zero-order chi connectivity index (χ0) is 30.9. The number of hydrogen-bond acceptors (Lipinski definition) is 7. The molecule has 1 aliphatic heterocycles. The Balaban J connectivity index is 1.64. The Morgan fingerprint density at radius 2 is 1.88 bits per heavy atom. The number of carbonyl (C=O) groups is 1. The summed E-state index contributed by atoms with van der Waals surface area (Å²) in [6.07, 6.45) is -0.910. The van der Waals surface area contributed by atoms with Crippen LogP contribution in [0, 0.1) is 19.7 Å². The molecule has 0 saturated carbocycles. The molecular weight excluding hydrogens is 552 g/mol. The molecule has 1 aliphatic rings. The van der Waals surface area contributed by atoms with Gasteiger partial charge >= 0.3 is 6.18 Å². The van der Waals surface area contributed by atoms with Crippen LogP contribution in [0.3, 0.4) is 0 Å². The van der Waals surface area contributed by atoms with Crippen molar-refractivity contribution >= 4 is 28.7 Å². The lowest BCUT2D eigenvalue weighted by Gasteiger charge is -2.28. The number of likely N-dealkylation sites (tertiary alicyclic amines) is 1. The largest absolute Gasteiger partial charge is 0.419 e. The van der Waals surface area contributed by atoms with Crippen LogP contribution < -0.4 is 26.4 Å². The highest BCUT2D eigenvalue weighted by Gasteiger charge is 2.37. The molecule has 0 aliphatic carbocycles. The summed E-state index contributed by atoms with van der Waals surface area (Å²) in [5.41, 5.74) is 2.02. The number of nitrogens with one attached hydrogen (secondary N) is 2. The van der Waals surface area contributed by atoms with Crippen LogP contribution in [0.25, 0.3) is 5.70 Å². The minimum absolute atomic E-state index is 0.160. The highest BCUT2D eigenvalue weighted by Crippen LogP contribution is 2.38. The molecule has 0 bridgehead atoms. The topological polar surface area (TPSA) is 94.7 Å². The lowest BCUT2D eigenvalue weighted by atomic mass is 10.1. The Labute approximate surface area is 242 Å². The third-order valence-corrected chi connectivity index (χ3v) is 7.72. The first-order chi connectivity index (χ1) is 19.7. The van der Waals surface area contributed by atoms with Gasteiger partial charge < -0.3 is 20.4 Å². The predicted octanol–water partition coefficient (Wildman–Crippen LogP) is 4.49. The molecule has 2 aromatic carbocycles. The van der Waals surface area contributed by atoms with E-state index < -0.39 is 23.5 Å². The third-order valence-electron chi connectivity index (χ3n) is 7.72. The highest BCUT2D eigenvalue weighted by atomic mass is 19.4. The van der Waals surface area contributed by atoms with Crippen molar-refractivity contribution < 1.29 is 22.4 Å². The molecule has 42 heavy (non-hydrogen) atoms. The number of hydrogen-bond donors (Lipinski definition) is 3. The molecule has 2 heterocycles. The number of aryl methyl sites for hydroxylation is 2. The van der Waals surface area contributed by atoms with Crippen molar-refractivity contribution in [3.05, 3.63) is 76.5 Å². The molecule has 1 unspecified atom stereocenters. The van der Waals surface area contributed by atoms with Crippen LogP contribution in [0.4, 0.5) is 34.6 Å². The van der Waals surface area contributed by atoms with E-state index in [-0.39, 0.29) is 23.0 Å². The molecule has 1 amide bonds. The number of likely N-dealkylation sites (N-methyl/N-ethyl adjacent to an activating group) is 2. The van der Waals surface area contributed by atoms with E-state index in [0.29, 0.717) is 30.4 Å². The first-order valence-electron chi connectivity index (χ1n) is 13.4. The Kier molecular flexibility index (Phi) is 8.83. The van der Waals surface area contributed by atoms with E-state index >= 15 is 4.39 Å². The number of amides is 1. The molecular formula is C29H36F4N8O. The van der Waals surface area contributed by atoms with Crippen molar-refractivity contribution in [3.63, 3.8) is 0 Å². The molecule has 226 valence electrons. The molecule has 0 radical (unpaired) electrons. The van der Waals surface area contributed by atoms with E-state index in [4.69, 9.17) is 5.84 Å². The SMILES string of the molecule is CN/C(=C\N(N)c1cc(C(=O)Nc2cc(N(C)C3CCN(C)C3)c(F)c(C(F)(F)F)c2)ccc1C)c1cnn(C)c1C. The number of rotatable bonds is 8. The molecule has 4 N–H and O–H groups in total. The van der Waals surface area contributed by atoms with Gasteiger partial charge in [-0.3, -0.25) is 14.5 Å². The van der Waals surface area contributed by atoms with Gasteiger partial charge in [0.05, 0.1) is 28.8 Å². The van der Waals surface area contributed by atoms with Crippen LogP contribution >= 0.6 is 0 Å². The minimum atomic E-state index is -4.95. The summed E-state index contributed by atoms with van der Waals surface area (Å²) in [7, 11) is 7.04. The Morgan fingerprint density at radius 1 is 1.17 bits per heavy atom. The van der Waals surface area contributed by atoms with E-state index in [1.807, 2.05) is 32.8 Å². The molecule has 4 rings (SSSR count). The van der Waals surface area contributed by atoms with Gasteiger partial charge in [-0.2, -0.15) is 18.3 Å². The Hall–Kier alpha value is -4.10. The highest BCUT2D eigenvalue weighted by molar-refractivity contribution is 6.05. The lowest BCUT2D eigenvalue weighted by Crippen LogP contribution is -2.34. The van der Waals surface area contributed by atoms with Gasteiger partial charge in [-0.1, -0.05) is 6.07 Å². The molecule has 1 aromatic heterocycles. The van der Waals surface area contributed by atoms with Gasteiger partial charge in [0.2, 0.25) is 0 Å². The fourth-order valence-corrected chi connectivity index (χ4v) is 5.04. The summed E-state index contributed by atoms with van der Waals surface area (Å²) in [6, 6.07) is 6.47. The molecule has 1 fully saturated rings. The number of alkyl halides is 3. The number of anilines is 3. The maximum Gasteiger partial charge on any atom is 0.419 e. The summed E-state index contributed by atoms with van der Waals surface area (Å²) in [4.78, 5) is 16.8. The van der Waals surface area contributed by atoms with Crippen molar-refractivity contribution in [2.75, 3.05) is 49.5 Å². The van der Waals surface area contributed by atoms with Gasteiger partial charge in [-0.25, -0.2) is 10.2 Å². The average Bonchev–Trinajstić information content (AvgIpc) is 3.51. The number of aromatic nitrogens is 2. The monoisotopic (exact) mass is 588 g/mol. The van der Waals surface area contributed by atoms with Crippen LogP contribution in [0.1, 0.15) is 39.2 Å². The van der Waals surface area contributed by atoms with Gasteiger partial charge in [0.25, 0.3) is 5.91 Å². The second-order valence-electron chi connectivity index (χ2n) is 10.6. The van der Waals surface area contributed by atoms with Gasteiger partial charge in [0.1, 0.15) is 0 Å². The second-order valence-corrected chi connectivity index (χ2v) is 10.6. The smallest absolute Gasteiger partial charge is 0.386 e. The van der Waals surface area contributed by atoms with Crippen LogP contribution in [0.2, 0.25) is 0 Å². The van der Waals surface area contributed by atoms with Crippen molar-refractivity contribution in [1.82, 2.24) is 20.0 Å². The van der Waals surface area contributed by atoms with Gasteiger partial charge in [0.15, 0.2) is 5.82 Å². The first kappa shape index (κ1) is 30.8.